The molecule has 1 N–H and O–H groups in total. The van der Waals surface area contributed by atoms with E-state index in [1.165, 1.54) is 0 Å². The molecule has 0 saturated carbocycles. The van der Waals surface area contributed by atoms with Crippen LogP contribution in [0.2, 0.25) is 0 Å². The summed E-state index contributed by atoms with van der Waals surface area (Å²) >= 11 is 0. The van der Waals surface area contributed by atoms with Gasteiger partial charge in [0.05, 0.1) is 0 Å². The van der Waals surface area contributed by atoms with Crippen LogP contribution in [0.25, 0.3) is 0 Å². The van der Waals surface area contributed by atoms with Gasteiger partial charge >= 0.3 is 0 Å². The Morgan fingerprint density at radius 3 is 2.21 bits per heavy atom. The second-order valence-electron chi connectivity index (χ2n) is 6.71. The summed E-state index contributed by atoms with van der Waals surface area (Å²) in [5, 5.41) is 3.00. The highest BCUT2D eigenvalue weighted by atomic mass is 16.5. The lowest BCUT2D eigenvalue weighted by Crippen LogP contribution is -2.31. The van der Waals surface area contributed by atoms with Crippen molar-refractivity contribution in [3.05, 3.63) is 58.7 Å². The van der Waals surface area contributed by atoms with E-state index in [-0.39, 0.29) is 5.91 Å². The predicted molar refractivity (Wildman–Crippen MR) is 99.9 cm³/mol. The van der Waals surface area contributed by atoms with Gasteiger partial charge < -0.3 is 10.1 Å². The van der Waals surface area contributed by atoms with Gasteiger partial charge in [0.25, 0.3) is 5.91 Å². The molecule has 1 atom stereocenters. The van der Waals surface area contributed by atoms with Crippen LogP contribution >= 0.6 is 0 Å². The Morgan fingerprint density at radius 1 is 1.00 bits per heavy atom. The quantitative estimate of drug-likeness (QED) is 0.826. The number of hydrogen-bond acceptors (Lipinski definition) is 2. The van der Waals surface area contributed by atoms with Gasteiger partial charge in [0.1, 0.15) is 5.75 Å². The van der Waals surface area contributed by atoms with Gasteiger partial charge in [0, 0.05) is 5.69 Å². The van der Waals surface area contributed by atoms with Crippen LogP contribution in [0.3, 0.4) is 0 Å². The minimum absolute atomic E-state index is 0.136. The van der Waals surface area contributed by atoms with Gasteiger partial charge in [0.15, 0.2) is 6.10 Å². The molecule has 0 aromatic heterocycles. The molecular formula is C21H27NO2. The summed E-state index contributed by atoms with van der Waals surface area (Å²) in [5.74, 6) is 0.993. The van der Waals surface area contributed by atoms with Crippen molar-refractivity contribution in [1.29, 1.82) is 0 Å². The molecule has 2 aromatic rings. The third-order valence-corrected chi connectivity index (χ3v) is 4.19. The molecule has 0 aliphatic rings. The molecule has 0 spiro atoms. The lowest BCUT2D eigenvalue weighted by Gasteiger charge is -2.20. The second-order valence-corrected chi connectivity index (χ2v) is 6.71. The van der Waals surface area contributed by atoms with Gasteiger partial charge in [0.2, 0.25) is 0 Å². The first kappa shape index (κ1) is 18.1. The number of carbonyl (C=O) groups is 1. The number of para-hydroxylation sites is 1. The first-order valence-corrected chi connectivity index (χ1v) is 8.44. The number of nitrogens with one attached hydrogen (secondary N) is 1. The summed E-state index contributed by atoms with van der Waals surface area (Å²) in [5.41, 5.74) is 5.21. The van der Waals surface area contributed by atoms with Gasteiger partial charge in [-0.25, -0.2) is 0 Å². The summed E-state index contributed by atoms with van der Waals surface area (Å²) in [6.07, 6.45) is -0.566. The van der Waals surface area contributed by atoms with Crippen LogP contribution in [-0.4, -0.2) is 12.0 Å². The van der Waals surface area contributed by atoms with E-state index < -0.39 is 6.10 Å². The molecule has 0 fully saturated rings. The van der Waals surface area contributed by atoms with E-state index in [0.717, 1.165) is 33.7 Å². The predicted octanol–water partition coefficient (Wildman–Crippen LogP) is 5.14. The standard InChI is InChI=1S/C21H27NO2/c1-13(2)18-11-10-14(3)12-19(18)24-17(6)21(23)22-20-15(4)8-7-9-16(20)5/h7-13,17H,1-6H3,(H,22,23)/t17-/m0/s1. The van der Waals surface area contributed by atoms with E-state index in [1.54, 1.807) is 6.92 Å². The van der Waals surface area contributed by atoms with Gasteiger partial charge in [-0.3, -0.25) is 4.79 Å². The molecule has 2 aromatic carbocycles. The number of benzene rings is 2. The van der Waals surface area contributed by atoms with E-state index in [1.807, 2.05) is 45.0 Å². The summed E-state index contributed by atoms with van der Waals surface area (Å²) in [6, 6.07) is 12.1. The molecule has 0 saturated heterocycles. The molecule has 2 rings (SSSR count). The third kappa shape index (κ3) is 4.16. The van der Waals surface area contributed by atoms with Crippen molar-refractivity contribution in [2.24, 2.45) is 0 Å². The minimum atomic E-state index is -0.566. The zero-order valence-corrected chi connectivity index (χ0v) is 15.4. The van der Waals surface area contributed by atoms with Crippen LogP contribution in [-0.2, 0) is 4.79 Å². The van der Waals surface area contributed by atoms with Crippen molar-refractivity contribution in [3.8, 4) is 5.75 Å². The number of amides is 1. The smallest absolute Gasteiger partial charge is 0.265 e. The van der Waals surface area contributed by atoms with E-state index in [2.05, 4.69) is 31.3 Å². The molecule has 0 unspecified atom stereocenters. The largest absolute Gasteiger partial charge is 0.481 e. The molecule has 0 heterocycles. The van der Waals surface area contributed by atoms with Gasteiger partial charge in [-0.15, -0.1) is 0 Å². The summed E-state index contributed by atoms with van der Waals surface area (Å²) in [4.78, 5) is 12.6. The van der Waals surface area contributed by atoms with Crippen LogP contribution in [0.5, 0.6) is 5.75 Å². The normalized spacial score (nSPS) is 12.1. The molecule has 0 bridgehead atoms. The number of carbonyl (C=O) groups excluding carboxylic acids is 1. The highest BCUT2D eigenvalue weighted by molar-refractivity contribution is 5.95. The average molecular weight is 325 g/mol. The molecule has 3 nitrogen and oxygen atoms in total. The SMILES string of the molecule is Cc1ccc(C(C)C)c(O[C@@H](C)C(=O)Nc2c(C)cccc2C)c1. The summed E-state index contributed by atoms with van der Waals surface area (Å²) in [7, 11) is 0. The van der Waals surface area contributed by atoms with E-state index >= 15 is 0 Å². The van der Waals surface area contributed by atoms with Crippen molar-refractivity contribution in [2.45, 2.75) is 53.6 Å². The Balaban J connectivity index is 2.17. The summed E-state index contributed by atoms with van der Waals surface area (Å²) < 4.78 is 5.99. The van der Waals surface area contributed by atoms with Gasteiger partial charge in [-0.2, -0.15) is 0 Å². The Bertz CT molecular complexity index is 714. The van der Waals surface area contributed by atoms with Crippen LogP contribution in [0, 0.1) is 20.8 Å². The zero-order valence-electron chi connectivity index (χ0n) is 15.4. The van der Waals surface area contributed by atoms with Crippen molar-refractivity contribution in [1.82, 2.24) is 0 Å². The van der Waals surface area contributed by atoms with Crippen molar-refractivity contribution < 1.29 is 9.53 Å². The fourth-order valence-electron chi connectivity index (χ4n) is 2.70. The first-order chi connectivity index (χ1) is 11.3. The first-order valence-electron chi connectivity index (χ1n) is 8.44. The van der Waals surface area contributed by atoms with E-state index in [0.29, 0.717) is 5.92 Å². The van der Waals surface area contributed by atoms with Crippen LogP contribution in [0.1, 0.15) is 48.9 Å². The lowest BCUT2D eigenvalue weighted by molar-refractivity contribution is -0.122. The Labute approximate surface area is 145 Å². The maximum Gasteiger partial charge on any atom is 0.265 e. The Morgan fingerprint density at radius 2 is 1.62 bits per heavy atom. The van der Waals surface area contributed by atoms with Gasteiger partial charge in [-0.05, 0) is 61.9 Å². The zero-order chi connectivity index (χ0) is 17.9. The molecular weight excluding hydrogens is 298 g/mol. The number of rotatable bonds is 5. The highest BCUT2D eigenvalue weighted by Gasteiger charge is 2.19. The summed E-state index contributed by atoms with van der Waals surface area (Å²) in [6.45, 7) is 12.0. The number of hydrogen-bond donors (Lipinski definition) is 1. The molecule has 3 heteroatoms. The maximum atomic E-state index is 12.6. The van der Waals surface area contributed by atoms with Crippen LogP contribution < -0.4 is 10.1 Å². The van der Waals surface area contributed by atoms with Crippen LogP contribution in [0.4, 0.5) is 5.69 Å². The van der Waals surface area contributed by atoms with Gasteiger partial charge in [-0.1, -0.05) is 44.2 Å². The maximum absolute atomic E-state index is 12.6. The molecule has 0 aliphatic carbocycles. The molecule has 128 valence electrons. The number of aryl methyl sites for hydroxylation is 3. The Kier molecular flexibility index (Phi) is 5.66. The van der Waals surface area contributed by atoms with Crippen molar-refractivity contribution in [2.75, 3.05) is 5.32 Å². The highest BCUT2D eigenvalue weighted by Crippen LogP contribution is 2.28. The van der Waals surface area contributed by atoms with Crippen molar-refractivity contribution in [3.63, 3.8) is 0 Å². The van der Waals surface area contributed by atoms with E-state index in [9.17, 15) is 4.79 Å². The lowest BCUT2D eigenvalue weighted by atomic mass is 10.0. The topological polar surface area (TPSA) is 38.3 Å². The fraction of sp³-hybridized carbons (Fsp3) is 0.381. The monoisotopic (exact) mass is 325 g/mol. The Hall–Kier alpha value is -2.29. The van der Waals surface area contributed by atoms with Crippen LogP contribution in [0.15, 0.2) is 36.4 Å². The molecule has 1 amide bonds. The number of ether oxygens (including phenoxy) is 1. The fourth-order valence-corrected chi connectivity index (χ4v) is 2.70. The number of anilines is 1. The average Bonchev–Trinajstić information content (AvgIpc) is 2.50. The molecule has 0 aliphatic heterocycles. The molecule has 24 heavy (non-hydrogen) atoms. The second kappa shape index (κ2) is 7.52. The third-order valence-electron chi connectivity index (χ3n) is 4.19. The molecule has 0 radical (unpaired) electrons. The minimum Gasteiger partial charge on any atom is -0.481 e. The van der Waals surface area contributed by atoms with E-state index in [4.69, 9.17) is 4.74 Å². The van der Waals surface area contributed by atoms with Crippen molar-refractivity contribution >= 4 is 11.6 Å².